The van der Waals surface area contributed by atoms with Crippen LogP contribution in [0.2, 0.25) is 10.0 Å². The number of aromatic nitrogens is 4. The van der Waals surface area contributed by atoms with Crippen LogP contribution in [0.15, 0.2) is 74.0 Å². The van der Waals surface area contributed by atoms with Gasteiger partial charge < -0.3 is 11.1 Å². The van der Waals surface area contributed by atoms with Crippen molar-refractivity contribution < 1.29 is 13.2 Å². The van der Waals surface area contributed by atoms with Crippen LogP contribution >= 0.6 is 23.2 Å². The smallest absolute Gasteiger partial charge is 0.368 e. The number of halogens is 2. The van der Waals surface area contributed by atoms with Gasteiger partial charge in [-0.1, -0.05) is 23.2 Å². The quantitative estimate of drug-likeness (QED) is 0.358. The summed E-state index contributed by atoms with van der Waals surface area (Å²) in [6, 6.07) is 9.77. The first kappa shape index (κ1) is 24.2. The van der Waals surface area contributed by atoms with Crippen LogP contribution in [0, 0.1) is 0 Å². The van der Waals surface area contributed by atoms with E-state index in [1.165, 1.54) is 36.4 Å². The Morgan fingerprint density at radius 2 is 1.63 bits per heavy atom. The summed E-state index contributed by atoms with van der Waals surface area (Å²) in [5, 5.41) is 2.65. The summed E-state index contributed by atoms with van der Waals surface area (Å²) in [6.07, 6.45) is 1.10. The molecule has 0 radical (unpaired) electrons. The highest BCUT2D eigenvalue weighted by atomic mass is 35.5. The van der Waals surface area contributed by atoms with E-state index in [2.05, 4.69) is 10.3 Å². The molecule has 0 saturated carbocycles. The number of fused-ring (bicyclic) bond motifs is 1. The van der Waals surface area contributed by atoms with Crippen LogP contribution < -0.4 is 28.0 Å². The van der Waals surface area contributed by atoms with Gasteiger partial charge in [0.1, 0.15) is 5.82 Å². The Hall–Kier alpha value is -3.94. The Morgan fingerprint density at radius 3 is 2.29 bits per heavy atom. The number of carbonyl (C=O) groups is 1. The third-order valence-electron chi connectivity index (χ3n) is 4.78. The molecule has 1 amide bonds. The minimum atomic E-state index is -4.75. The van der Waals surface area contributed by atoms with Crippen LogP contribution in [0.3, 0.4) is 0 Å². The molecule has 15 heteroatoms. The molecule has 35 heavy (non-hydrogen) atoms. The second-order valence-corrected chi connectivity index (χ2v) is 9.69. The van der Waals surface area contributed by atoms with Crippen molar-refractivity contribution >= 4 is 55.9 Å². The highest BCUT2D eigenvalue weighted by Gasteiger charge is 2.27. The van der Waals surface area contributed by atoms with Crippen LogP contribution in [0.5, 0.6) is 0 Å². The third-order valence-corrected chi connectivity index (χ3v) is 6.94. The summed E-state index contributed by atoms with van der Waals surface area (Å²) >= 11 is 11.9. The summed E-state index contributed by atoms with van der Waals surface area (Å²) in [5.74, 6) is -0.919. The van der Waals surface area contributed by atoms with Gasteiger partial charge in [0.15, 0.2) is 0 Å². The summed E-state index contributed by atoms with van der Waals surface area (Å²) in [4.78, 5) is 54.1. The van der Waals surface area contributed by atoms with E-state index in [1.807, 2.05) is 0 Å². The largest absolute Gasteiger partial charge is 0.368 e. The standard InChI is InChI=1S/C20H14Cl2N6O6S/c21-11-1-4-13(5-2-11)35(33,34)28-18(30)14-6-3-12(22)9-15(14)26(20(28)32)27-17(25-10-16(23)29)7-8-24-19(27)31/h1-9,25H,10H2,(H2,23,29). The normalized spacial score (nSPS) is 11.5. The number of anilines is 1. The molecule has 180 valence electrons. The van der Waals surface area contributed by atoms with Gasteiger partial charge >= 0.3 is 11.4 Å². The number of nitrogens with two attached hydrogens (primary N) is 1. The number of nitrogens with one attached hydrogen (secondary N) is 1. The van der Waals surface area contributed by atoms with Crippen molar-refractivity contribution in [2.75, 3.05) is 11.9 Å². The number of primary amides is 1. The zero-order valence-corrected chi connectivity index (χ0v) is 19.7. The number of nitrogens with zero attached hydrogens (tertiary/aromatic N) is 4. The lowest BCUT2D eigenvalue weighted by atomic mass is 10.2. The van der Waals surface area contributed by atoms with Crippen molar-refractivity contribution in [3.05, 3.63) is 96.1 Å². The van der Waals surface area contributed by atoms with Gasteiger partial charge in [-0.25, -0.2) is 18.0 Å². The highest BCUT2D eigenvalue weighted by molar-refractivity contribution is 7.90. The Bertz CT molecular complexity index is 1780. The Morgan fingerprint density at radius 1 is 0.971 bits per heavy atom. The summed E-state index contributed by atoms with van der Waals surface area (Å²) in [7, 11) is -4.75. The molecule has 0 aliphatic rings. The average molecular weight is 537 g/mol. The highest BCUT2D eigenvalue weighted by Crippen LogP contribution is 2.19. The molecule has 0 atom stereocenters. The zero-order chi connectivity index (χ0) is 25.5. The molecule has 0 fully saturated rings. The molecule has 12 nitrogen and oxygen atoms in total. The topological polar surface area (TPSA) is 168 Å². The van der Waals surface area contributed by atoms with E-state index in [0.29, 0.717) is 9.35 Å². The van der Waals surface area contributed by atoms with E-state index in [9.17, 15) is 27.6 Å². The lowest BCUT2D eigenvalue weighted by Crippen LogP contribution is -2.48. The van der Waals surface area contributed by atoms with Crippen molar-refractivity contribution in [2.45, 2.75) is 4.90 Å². The predicted molar refractivity (Wildman–Crippen MR) is 128 cm³/mol. The van der Waals surface area contributed by atoms with E-state index in [-0.39, 0.29) is 30.7 Å². The molecule has 4 aromatic rings. The Balaban J connectivity index is 2.17. The van der Waals surface area contributed by atoms with E-state index >= 15 is 0 Å². The molecule has 0 aliphatic heterocycles. The van der Waals surface area contributed by atoms with Gasteiger partial charge in [0.2, 0.25) is 5.91 Å². The summed E-state index contributed by atoms with van der Waals surface area (Å²) in [5.41, 5.74) is 1.35. The van der Waals surface area contributed by atoms with Gasteiger partial charge in [-0.15, -0.1) is 3.97 Å². The molecule has 0 aliphatic carbocycles. The predicted octanol–water partition coefficient (Wildman–Crippen LogP) is 0.472. The monoisotopic (exact) mass is 536 g/mol. The maximum atomic E-state index is 13.6. The second kappa shape index (κ2) is 9.02. The first-order chi connectivity index (χ1) is 16.5. The number of hydrogen-bond acceptors (Lipinski definition) is 8. The number of carbonyl (C=O) groups excluding carboxylic acids is 1. The lowest BCUT2D eigenvalue weighted by molar-refractivity contribution is -0.116. The second-order valence-electron chi connectivity index (χ2n) is 7.03. The number of rotatable bonds is 6. The fourth-order valence-electron chi connectivity index (χ4n) is 3.27. The SMILES string of the molecule is NC(=O)CNc1ccnc(=O)n1-n1c(=O)n(S(=O)(=O)c2ccc(Cl)cc2)c(=O)c2ccc(Cl)cc21. The number of amides is 1. The maximum Gasteiger partial charge on any atom is 0.368 e. The van der Waals surface area contributed by atoms with E-state index in [1.54, 1.807) is 0 Å². The molecule has 0 unspecified atom stereocenters. The third kappa shape index (κ3) is 4.32. The number of benzene rings is 2. The van der Waals surface area contributed by atoms with Crippen LogP contribution in [-0.2, 0) is 14.8 Å². The van der Waals surface area contributed by atoms with Gasteiger partial charge in [0.25, 0.3) is 15.6 Å². The molecular formula is C20H14Cl2N6O6S. The van der Waals surface area contributed by atoms with Crippen molar-refractivity contribution in [2.24, 2.45) is 5.73 Å². The lowest BCUT2D eigenvalue weighted by Gasteiger charge is -2.18. The van der Waals surface area contributed by atoms with Crippen molar-refractivity contribution in [1.82, 2.24) is 18.3 Å². The van der Waals surface area contributed by atoms with Gasteiger partial charge in [-0.05, 0) is 48.5 Å². The van der Waals surface area contributed by atoms with Crippen LogP contribution in [-0.4, -0.2) is 39.2 Å². The van der Waals surface area contributed by atoms with Gasteiger partial charge in [-0.2, -0.15) is 14.3 Å². The van der Waals surface area contributed by atoms with E-state index < -0.39 is 44.3 Å². The molecule has 0 saturated heterocycles. The molecular weight excluding hydrogens is 523 g/mol. The van der Waals surface area contributed by atoms with Crippen molar-refractivity contribution in [1.29, 1.82) is 0 Å². The first-order valence-corrected chi connectivity index (χ1v) is 11.8. The van der Waals surface area contributed by atoms with Crippen LogP contribution in [0.1, 0.15) is 0 Å². The minimum Gasteiger partial charge on any atom is -0.368 e. The van der Waals surface area contributed by atoms with Crippen molar-refractivity contribution in [3.63, 3.8) is 0 Å². The molecule has 2 aromatic carbocycles. The van der Waals surface area contributed by atoms with Gasteiger partial charge in [0.05, 0.1) is 22.3 Å². The molecule has 3 N–H and O–H groups in total. The Kier molecular flexibility index (Phi) is 6.23. The first-order valence-electron chi connectivity index (χ1n) is 9.62. The molecule has 2 heterocycles. The molecule has 4 rings (SSSR count). The van der Waals surface area contributed by atoms with E-state index in [0.717, 1.165) is 18.3 Å². The van der Waals surface area contributed by atoms with Gasteiger partial charge in [0, 0.05) is 16.2 Å². The maximum absolute atomic E-state index is 13.6. The molecule has 0 bridgehead atoms. The van der Waals surface area contributed by atoms with Crippen molar-refractivity contribution in [3.8, 4) is 0 Å². The average Bonchev–Trinajstić information content (AvgIpc) is 2.79. The van der Waals surface area contributed by atoms with Crippen LogP contribution in [0.25, 0.3) is 10.9 Å². The fourth-order valence-corrected chi connectivity index (χ4v) is 4.85. The van der Waals surface area contributed by atoms with Gasteiger partial charge in [-0.3, -0.25) is 9.59 Å². The Labute approximate surface area is 205 Å². The summed E-state index contributed by atoms with van der Waals surface area (Å²) < 4.78 is 28.0. The minimum absolute atomic E-state index is 0.0176. The zero-order valence-electron chi connectivity index (χ0n) is 17.4. The van der Waals surface area contributed by atoms with Crippen LogP contribution in [0.4, 0.5) is 5.82 Å². The number of hydrogen-bond donors (Lipinski definition) is 2. The summed E-state index contributed by atoms with van der Waals surface area (Å²) in [6.45, 7) is -0.431. The molecule has 0 spiro atoms. The van der Waals surface area contributed by atoms with E-state index in [4.69, 9.17) is 28.9 Å². The molecule has 2 aromatic heterocycles. The fraction of sp³-hybridized carbons (Fsp3) is 0.0500.